The third-order valence-corrected chi connectivity index (χ3v) is 3.11. The Morgan fingerprint density at radius 3 is 2.47 bits per heavy atom. The van der Waals surface area contributed by atoms with Crippen LogP contribution in [-0.4, -0.2) is 19.9 Å². The lowest BCUT2D eigenvalue weighted by Gasteiger charge is -2.20. The summed E-state index contributed by atoms with van der Waals surface area (Å²) >= 11 is 0. The normalized spacial score (nSPS) is 13.6. The van der Waals surface area contributed by atoms with Gasteiger partial charge in [-0.3, -0.25) is 9.67 Å². The lowest BCUT2D eigenvalue weighted by Crippen LogP contribution is -2.16. The molecule has 0 aliphatic carbocycles. The smallest absolute Gasteiger partial charge is 0.109 e. The monoisotopic (exact) mass is 259 g/mol. The highest BCUT2D eigenvalue weighted by Gasteiger charge is 2.26. The van der Waals surface area contributed by atoms with Gasteiger partial charge in [0.1, 0.15) is 6.10 Å². The maximum Gasteiger partial charge on any atom is 0.109 e. The fourth-order valence-corrected chi connectivity index (χ4v) is 2.11. The summed E-state index contributed by atoms with van der Waals surface area (Å²) in [7, 11) is 1.87. The number of pyridine rings is 1. The van der Waals surface area contributed by atoms with Gasteiger partial charge in [0.2, 0.25) is 0 Å². The zero-order chi connectivity index (χ0) is 14.2. The van der Waals surface area contributed by atoms with Gasteiger partial charge in [-0.05, 0) is 13.0 Å². The van der Waals surface area contributed by atoms with E-state index in [0.29, 0.717) is 0 Å². The second-order valence-corrected chi connectivity index (χ2v) is 5.99. The Bertz CT molecular complexity index is 564. The molecule has 2 aromatic heterocycles. The van der Waals surface area contributed by atoms with Gasteiger partial charge >= 0.3 is 0 Å². The molecule has 0 fully saturated rings. The first-order chi connectivity index (χ1) is 8.79. The van der Waals surface area contributed by atoms with Crippen molar-refractivity contribution in [3.8, 4) is 0 Å². The zero-order valence-electron chi connectivity index (χ0n) is 12.2. The van der Waals surface area contributed by atoms with E-state index in [0.717, 1.165) is 22.5 Å². The van der Waals surface area contributed by atoms with Crippen molar-refractivity contribution in [2.75, 3.05) is 0 Å². The number of hydrogen-bond acceptors (Lipinski definition) is 3. The number of nitrogens with zero attached hydrogens (tertiary/aromatic N) is 3. The Balaban J connectivity index is 2.44. The minimum absolute atomic E-state index is 0.101. The van der Waals surface area contributed by atoms with Crippen LogP contribution >= 0.6 is 0 Å². The van der Waals surface area contributed by atoms with Crippen LogP contribution in [-0.2, 0) is 12.5 Å². The molecule has 102 valence electrons. The van der Waals surface area contributed by atoms with Crippen LogP contribution in [0.5, 0.6) is 0 Å². The fourth-order valence-electron chi connectivity index (χ4n) is 2.11. The molecular formula is C15H21N3O. The Kier molecular flexibility index (Phi) is 3.45. The van der Waals surface area contributed by atoms with Crippen LogP contribution in [0, 0.1) is 6.92 Å². The Hall–Kier alpha value is -1.68. The van der Waals surface area contributed by atoms with Crippen molar-refractivity contribution in [1.29, 1.82) is 0 Å². The van der Waals surface area contributed by atoms with Gasteiger partial charge in [0.05, 0.1) is 5.69 Å². The van der Waals surface area contributed by atoms with Gasteiger partial charge < -0.3 is 5.11 Å². The topological polar surface area (TPSA) is 50.9 Å². The Labute approximate surface area is 114 Å². The van der Waals surface area contributed by atoms with Crippen molar-refractivity contribution >= 4 is 0 Å². The maximum absolute atomic E-state index is 10.5. The molecule has 0 saturated heterocycles. The summed E-state index contributed by atoms with van der Waals surface area (Å²) in [6.07, 6.45) is 2.92. The van der Waals surface area contributed by atoms with Gasteiger partial charge in [0.25, 0.3) is 0 Å². The summed E-state index contributed by atoms with van der Waals surface area (Å²) in [5.41, 5.74) is 3.40. The average Bonchev–Trinajstić information content (AvgIpc) is 2.71. The molecule has 2 aromatic rings. The van der Waals surface area contributed by atoms with Crippen molar-refractivity contribution in [1.82, 2.24) is 14.8 Å². The molecule has 0 aliphatic heterocycles. The highest BCUT2D eigenvalue weighted by Crippen LogP contribution is 2.31. The van der Waals surface area contributed by atoms with E-state index < -0.39 is 6.10 Å². The van der Waals surface area contributed by atoms with Crippen molar-refractivity contribution in [3.05, 3.63) is 47.0 Å². The fraction of sp³-hybridized carbons (Fsp3) is 0.467. The van der Waals surface area contributed by atoms with Crippen LogP contribution in [0.3, 0.4) is 0 Å². The van der Waals surface area contributed by atoms with Crippen molar-refractivity contribution in [2.45, 2.75) is 39.2 Å². The molecule has 0 bridgehead atoms. The lowest BCUT2D eigenvalue weighted by atomic mass is 9.87. The highest BCUT2D eigenvalue weighted by molar-refractivity contribution is 5.33. The molecule has 19 heavy (non-hydrogen) atoms. The van der Waals surface area contributed by atoms with E-state index in [9.17, 15) is 5.11 Å². The SMILES string of the molecule is Cc1ccc(C(O)c2cn(C)nc2C(C)(C)C)cn1. The predicted molar refractivity (Wildman–Crippen MR) is 74.9 cm³/mol. The number of aliphatic hydroxyl groups excluding tert-OH is 1. The molecule has 1 atom stereocenters. The van der Waals surface area contributed by atoms with E-state index in [-0.39, 0.29) is 5.41 Å². The maximum atomic E-state index is 10.5. The molecule has 2 heterocycles. The molecule has 2 rings (SSSR count). The van der Waals surface area contributed by atoms with Gasteiger partial charge in [-0.2, -0.15) is 5.10 Å². The van der Waals surface area contributed by atoms with Crippen molar-refractivity contribution in [2.24, 2.45) is 7.05 Å². The first-order valence-corrected chi connectivity index (χ1v) is 6.43. The van der Waals surface area contributed by atoms with Crippen molar-refractivity contribution < 1.29 is 5.11 Å². The first-order valence-electron chi connectivity index (χ1n) is 6.43. The van der Waals surface area contributed by atoms with Crippen LogP contribution in [0.15, 0.2) is 24.5 Å². The molecule has 0 saturated carbocycles. The van der Waals surface area contributed by atoms with E-state index in [1.807, 2.05) is 32.3 Å². The number of hydrogen-bond donors (Lipinski definition) is 1. The first kappa shape index (κ1) is 13.7. The summed E-state index contributed by atoms with van der Waals surface area (Å²) in [6, 6.07) is 3.82. The lowest BCUT2D eigenvalue weighted by molar-refractivity contribution is 0.217. The minimum atomic E-state index is -0.684. The van der Waals surface area contributed by atoms with Crippen LogP contribution < -0.4 is 0 Å². The van der Waals surface area contributed by atoms with E-state index in [1.54, 1.807) is 10.9 Å². The zero-order valence-corrected chi connectivity index (χ0v) is 12.2. The third-order valence-electron chi connectivity index (χ3n) is 3.11. The number of aliphatic hydroxyl groups is 1. The number of aryl methyl sites for hydroxylation is 2. The molecule has 0 aliphatic rings. The van der Waals surface area contributed by atoms with E-state index in [1.165, 1.54) is 0 Å². The molecule has 4 heteroatoms. The standard InChI is InChI=1S/C15H21N3O/c1-10-6-7-11(8-16-10)13(19)12-9-18(5)17-14(12)15(2,3)4/h6-9,13,19H,1-5H3. The van der Waals surface area contributed by atoms with Crippen LogP contribution in [0.25, 0.3) is 0 Å². The third kappa shape index (κ3) is 2.84. The second-order valence-electron chi connectivity index (χ2n) is 5.99. The number of aromatic nitrogens is 3. The molecule has 0 amide bonds. The predicted octanol–water partition coefficient (Wildman–Crippen LogP) is 2.50. The summed E-state index contributed by atoms with van der Waals surface area (Å²) < 4.78 is 1.75. The second kappa shape index (κ2) is 4.78. The van der Waals surface area contributed by atoms with E-state index in [2.05, 4.69) is 30.9 Å². The minimum Gasteiger partial charge on any atom is -0.383 e. The molecule has 1 N–H and O–H groups in total. The van der Waals surface area contributed by atoms with E-state index in [4.69, 9.17) is 0 Å². The Morgan fingerprint density at radius 1 is 1.26 bits per heavy atom. The quantitative estimate of drug-likeness (QED) is 0.901. The molecule has 0 radical (unpaired) electrons. The summed E-state index contributed by atoms with van der Waals surface area (Å²) in [5, 5.41) is 15.0. The van der Waals surface area contributed by atoms with Gasteiger partial charge in [0, 0.05) is 41.7 Å². The van der Waals surface area contributed by atoms with Crippen LogP contribution in [0.4, 0.5) is 0 Å². The highest BCUT2D eigenvalue weighted by atomic mass is 16.3. The summed E-state index contributed by atoms with van der Waals surface area (Å²) in [6.45, 7) is 8.22. The molecule has 1 unspecified atom stereocenters. The van der Waals surface area contributed by atoms with Gasteiger partial charge in [0.15, 0.2) is 0 Å². The number of rotatable bonds is 2. The molecule has 4 nitrogen and oxygen atoms in total. The van der Waals surface area contributed by atoms with Gasteiger partial charge in [-0.15, -0.1) is 0 Å². The molecule has 0 aromatic carbocycles. The van der Waals surface area contributed by atoms with Crippen molar-refractivity contribution in [3.63, 3.8) is 0 Å². The van der Waals surface area contributed by atoms with Gasteiger partial charge in [-0.1, -0.05) is 26.8 Å². The molecule has 0 spiro atoms. The average molecular weight is 259 g/mol. The van der Waals surface area contributed by atoms with Crippen LogP contribution in [0.2, 0.25) is 0 Å². The summed E-state index contributed by atoms with van der Waals surface area (Å²) in [4.78, 5) is 4.24. The summed E-state index contributed by atoms with van der Waals surface area (Å²) in [5.74, 6) is 0. The largest absolute Gasteiger partial charge is 0.383 e. The van der Waals surface area contributed by atoms with Crippen LogP contribution in [0.1, 0.15) is 49.4 Å². The Morgan fingerprint density at radius 2 is 1.95 bits per heavy atom. The van der Waals surface area contributed by atoms with Gasteiger partial charge in [-0.25, -0.2) is 0 Å². The van der Waals surface area contributed by atoms with E-state index >= 15 is 0 Å². The molecular weight excluding hydrogens is 238 g/mol.